The smallest absolute Gasteiger partial charge is 0.0640 e. The van der Waals surface area contributed by atoms with E-state index in [0.29, 0.717) is 0 Å². The van der Waals surface area contributed by atoms with E-state index in [1.165, 1.54) is 37.8 Å². The van der Waals surface area contributed by atoms with Gasteiger partial charge in [0.25, 0.3) is 0 Å². The van der Waals surface area contributed by atoms with Gasteiger partial charge in [0.1, 0.15) is 0 Å². The fourth-order valence-electron chi connectivity index (χ4n) is 2.73. The Kier molecular flexibility index (Phi) is 4.90. The van der Waals surface area contributed by atoms with Crippen LogP contribution in [0.2, 0.25) is 5.02 Å². The first-order valence-corrected chi connectivity index (χ1v) is 7.25. The molecule has 0 radical (unpaired) electrons. The molecule has 2 rings (SSSR count). The highest BCUT2D eigenvalue weighted by Crippen LogP contribution is 2.25. The molecule has 3 heteroatoms. The minimum atomic E-state index is 0.731. The lowest BCUT2D eigenvalue weighted by Gasteiger charge is -2.32. The molecule has 1 N–H and O–H groups in total. The van der Waals surface area contributed by atoms with Gasteiger partial charge in [-0.3, -0.25) is 0 Å². The fraction of sp³-hybridized carbons (Fsp3) is 0.600. The van der Waals surface area contributed by atoms with Crippen LogP contribution in [0.3, 0.4) is 0 Å². The van der Waals surface area contributed by atoms with E-state index in [1.807, 2.05) is 12.1 Å². The third kappa shape index (κ3) is 3.39. The summed E-state index contributed by atoms with van der Waals surface area (Å²) < 4.78 is 0. The Balaban J connectivity index is 1.84. The molecule has 0 spiro atoms. The van der Waals surface area contributed by atoms with Crippen LogP contribution in [-0.4, -0.2) is 31.1 Å². The standard InChI is InChI=1S/C15H23ClN2/c1-12-6-5-8-14(16)15(12)17-10-9-13-7-3-4-11-18(13)2/h5-6,8,13,17H,3-4,7,9-11H2,1-2H3. The van der Waals surface area contributed by atoms with Gasteiger partial charge >= 0.3 is 0 Å². The normalized spacial score (nSPS) is 20.9. The van der Waals surface area contributed by atoms with Crippen molar-refractivity contribution in [2.24, 2.45) is 0 Å². The van der Waals surface area contributed by atoms with Crippen LogP contribution in [0.4, 0.5) is 5.69 Å². The Bertz CT molecular complexity index is 372. The SMILES string of the molecule is Cc1cccc(Cl)c1NCCC1CCCCN1C. The molecule has 1 aliphatic rings. The van der Waals surface area contributed by atoms with Crippen molar-refractivity contribution in [1.29, 1.82) is 0 Å². The van der Waals surface area contributed by atoms with Gasteiger partial charge in [0.05, 0.1) is 10.7 Å². The average Bonchev–Trinajstić information content (AvgIpc) is 2.35. The van der Waals surface area contributed by atoms with Gasteiger partial charge in [-0.15, -0.1) is 0 Å². The van der Waals surface area contributed by atoms with Crippen LogP contribution in [-0.2, 0) is 0 Å². The average molecular weight is 267 g/mol. The summed E-state index contributed by atoms with van der Waals surface area (Å²) in [4.78, 5) is 2.49. The number of aryl methyl sites for hydroxylation is 1. The molecule has 0 amide bonds. The maximum Gasteiger partial charge on any atom is 0.0640 e. The van der Waals surface area contributed by atoms with Crippen molar-refractivity contribution >= 4 is 17.3 Å². The van der Waals surface area contributed by atoms with Crippen molar-refractivity contribution in [1.82, 2.24) is 4.90 Å². The predicted molar refractivity (Wildman–Crippen MR) is 79.6 cm³/mol. The zero-order valence-corrected chi connectivity index (χ0v) is 12.1. The zero-order valence-electron chi connectivity index (χ0n) is 11.4. The maximum atomic E-state index is 6.21. The quantitative estimate of drug-likeness (QED) is 0.888. The molecule has 0 saturated carbocycles. The highest BCUT2D eigenvalue weighted by molar-refractivity contribution is 6.33. The molecule has 1 aliphatic heterocycles. The van der Waals surface area contributed by atoms with Crippen molar-refractivity contribution in [3.8, 4) is 0 Å². The van der Waals surface area contributed by atoms with Crippen LogP contribution < -0.4 is 5.32 Å². The molecule has 0 aliphatic carbocycles. The molecular formula is C15H23ClN2. The summed E-state index contributed by atoms with van der Waals surface area (Å²) >= 11 is 6.21. The molecule has 1 atom stereocenters. The van der Waals surface area contributed by atoms with E-state index < -0.39 is 0 Å². The van der Waals surface area contributed by atoms with Crippen LogP contribution in [0.5, 0.6) is 0 Å². The number of likely N-dealkylation sites (tertiary alicyclic amines) is 1. The minimum Gasteiger partial charge on any atom is -0.384 e. The molecule has 0 aromatic heterocycles. The first kappa shape index (κ1) is 13.7. The number of hydrogen-bond acceptors (Lipinski definition) is 2. The summed E-state index contributed by atoms with van der Waals surface area (Å²) in [5.41, 5.74) is 2.32. The van der Waals surface area contributed by atoms with E-state index in [-0.39, 0.29) is 0 Å². The molecule has 100 valence electrons. The van der Waals surface area contributed by atoms with E-state index in [0.717, 1.165) is 23.3 Å². The highest BCUT2D eigenvalue weighted by atomic mass is 35.5. The lowest BCUT2D eigenvalue weighted by molar-refractivity contribution is 0.179. The second kappa shape index (κ2) is 6.44. The van der Waals surface area contributed by atoms with Gasteiger partial charge in [0, 0.05) is 12.6 Å². The maximum absolute atomic E-state index is 6.21. The van der Waals surface area contributed by atoms with E-state index in [4.69, 9.17) is 11.6 Å². The van der Waals surface area contributed by atoms with Gasteiger partial charge < -0.3 is 10.2 Å². The van der Waals surface area contributed by atoms with Crippen molar-refractivity contribution < 1.29 is 0 Å². The lowest BCUT2D eigenvalue weighted by atomic mass is 10.00. The number of rotatable bonds is 4. The number of piperidine rings is 1. The molecule has 1 heterocycles. The Labute approximate surface area is 115 Å². The van der Waals surface area contributed by atoms with E-state index in [9.17, 15) is 0 Å². The molecule has 1 aromatic rings. The summed E-state index contributed by atoms with van der Waals surface area (Å²) in [5.74, 6) is 0. The molecule has 1 aromatic carbocycles. The van der Waals surface area contributed by atoms with Crippen molar-refractivity contribution in [2.75, 3.05) is 25.5 Å². The third-order valence-corrected chi connectivity index (χ3v) is 4.24. The molecule has 1 saturated heterocycles. The number of anilines is 1. The summed E-state index contributed by atoms with van der Waals surface area (Å²) in [5, 5.41) is 4.32. The monoisotopic (exact) mass is 266 g/mol. The summed E-state index contributed by atoms with van der Waals surface area (Å²) in [6.45, 7) is 4.34. The summed E-state index contributed by atoms with van der Waals surface area (Å²) in [6.07, 6.45) is 5.25. The van der Waals surface area contributed by atoms with Crippen LogP contribution in [0.15, 0.2) is 18.2 Å². The summed E-state index contributed by atoms with van der Waals surface area (Å²) in [7, 11) is 2.24. The molecule has 1 fully saturated rings. The first-order chi connectivity index (χ1) is 8.68. The summed E-state index contributed by atoms with van der Waals surface area (Å²) in [6, 6.07) is 6.77. The Morgan fingerprint density at radius 2 is 2.22 bits per heavy atom. The van der Waals surface area contributed by atoms with Crippen LogP contribution >= 0.6 is 11.6 Å². The molecule has 18 heavy (non-hydrogen) atoms. The number of hydrogen-bond donors (Lipinski definition) is 1. The molecule has 0 bridgehead atoms. The van der Waals surface area contributed by atoms with Crippen LogP contribution in [0.25, 0.3) is 0 Å². The van der Waals surface area contributed by atoms with Gasteiger partial charge in [0.2, 0.25) is 0 Å². The molecule has 2 nitrogen and oxygen atoms in total. The number of benzene rings is 1. The third-order valence-electron chi connectivity index (χ3n) is 3.92. The first-order valence-electron chi connectivity index (χ1n) is 6.87. The number of nitrogens with one attached hydrogen (secondary N) is 1. The van der Waals surface area contributed by atoms with Gasteiger partial charge in [-0.25, -0.2) is 0 Å². The Morgan fingerprint density at radius 1 is 1.39 bits per heavy atom. The van der Waals surface area contributed by atoms with Gasteiger partial charge in [0.15, 0.2) is 0 Å². The van der Waals surface area contributed by atoms with Crippen molar-refractivity contribution in [3.05, 3.63) is 28.8 Å². The minimum absolute atomic E-state index is 0.731. The van der Waals surface area contributed by atoms with Crippen molar-refractivity contribution in [3.63, 3.8) is 0 Å². The van der Waals surface area contributed by atoms with Crippen LogP contribution in [0.1, 0.15) is 31.2 Å². The second-order valence-electron chi connectivity index (χ2n) is 5.28. The highest BCUT2D eigenvalue weighted by Gasteiger charge is 2.18. The Hall–Kier alpha value is -0.730. The lowest BCUT2D eigenvalue weighted by Crippen LogP contribution is -2.37. The molecule has 1 unspecified atom stereocenters. The zero-order chi connectivity index (χ0) is 13.0. The predicted octanol–water partition coefficient (Wildman–Crippen LogP) is 3.93. The van der Waals surface area contributed by atoms with E-state index in [1.54, 1.807) is 0 Å². The number of para-hydroxylation sites is 1. The van der Waals surface area contributed by atoms with E-state index in [2.05, 4.69) is 30.3 Å². The largest absolute Gasteiger partial charge is 0.384 e. The second-order valence-corrected chi connectivity index (χ2v) is 5.68. The van der Waals surface area contributed by atoms with Gasteiger partial charge in [-0.2, -0.15) is 0 Å². The van der Waals surface area contributed by atoms with Crippen molar-refractivity contribution in [2.45, 2.75) is 38.6 Å². The van der Waals surface area contributed by atoms with Gasteiger partial charge in [-0.1, -0.05) is 30.2 Å². The van der Waals surface area contributed by atoms with E-state index >= 15 is 0 Å². The fourth-order valence-corrected chi connectivity index (χ4v) is 3.02. The number of halogens is 1. The topological polar surface area (TPSA) is 15.3 Å². The van der Waals surface area contributed by atoms with Gasteiger partial charge in [-0.05, 0) is 51.4 Å². The number of nitrogens with zero attached hydrogens (tertiary/aromatic N) is 1. The molecular weight excluding hydrogens is 244 g/mol. The van der Waals surface area contributed by atoms with Crippen LogP contribution in [0, 0.1) is 6.92 Å². The Morgan fingerprint density at radius 3 is 2.94 bits per heavy atom.